The SMILES string of the molecule is Cc1cncc(NCc2cccc3c2OCO3)n1. The summed E-state index contributed by atoms with van der Waals surface area (Å²) in [4.78, 5) is 8.42. The Hall–Kier alpha value is -2.30. The molecule has 18 heavy (non-hydrogen) atoms. The molecule has 1 aliphatic heterocycles. The highest BCUT2D eigenvalue weighted by Crippen LogP contribution is 2.35. The van der Waals surface area contributed by atoms with Gasteiger partial charge in [-0.15, -0.1) is 0 Å². The number of benzene rings is 1. The van der Waals surface area contributed by atoms with Gasteiger partial charge in [0.1, 0.15) is 5.82 Å². The van der Waals surface area contributed by atoms with Gasteiger partial charge in [0, 0.05) is 18.3 Å². The molecule has 0 aliphatic carbocycles. The maximum Gasteiger partial charge on any atom is 0.231 e. The van der Waals surface area contributed by atoms with Crippen LogP contribution in [0.1, 0.15) is 11.3 Å². The Balaban J connectivity index is 1.76. The highest BCUT2D eigenvalue weighted by atomic mass is 16.7. The van der Waals surface area contributed by atoms with E-state index in [1.54, 1.807) is 12.4 Å². The van der Waals surface area contributed by atoms with Crippen molar-refractivity contribution in [2.45, 2.75) is 13.5 Å². The lowest BCUT2D eigenvalue weighted by Crippen LogP contribution is -2.03. The molecule has 92 valence electrons. The number of aryl methyl sites for hydroxylation is 1. The second-order valence-electron chi connectivity index (χ2n) is 4.05. The second-order valence-corrected chi connectivity index (χ2v) is 4.05. The summed E-state index contributed by atoms with van der Waals surface area (Å²) in [5.41, 5.74) is 1.94. The Bertz CT molecular complexity index is 572. The van der Waals surface area contributed by atoms with E-state index in [-0.39, 0.29) is 6.79 Å². The quantitative estimate of drug-likeness (QED) is 0.894. The molecule has 5 nitrogen and oxygen atoms in total. The third-order valence-electron chi connectivity index (χ3n) is 2.69. The molecule has 3 rings (SSSR count). The average molecular weight is 243 g/mol. The van der Waals surface area contributed by atoms with Crippen LogP contribution in [0, 0.1) is 6.92 Å². The monoisotopic (exact) mass is 243 g/mol. The number of nitrogens with zero attached hydrogens (tertiary/aromatic N) is 2. The van der Waals surface area contributed by atoms with Gasteiger partial charge >= 0.3 is 0 Å². The number of aromatic nitrogens is 2. The van der Waals surface area contributed by atoms with E-state index >= 15 is 0 Å². The number of nitrogens with one attached hydrogen (secondary N) is 1. The van der Waals surface area contributed by atoms with E-state index in [0.29, 0.717) is 6.54 Å². The molecular formula is C13H13N3O2. The van der Waals surface area contributed by atoms with E-state index < -0.39 is 0 Å². The molecule has 0 amide bonds. The summed E-state index contributed by atoms with van der Waals surface area (Å²) in [6, 6.07) is 5.86. The average Bonchev–Trinajstić information content (AvgIpc) is 2.85. The Morgan fingerprint density at radius 2 is 2.22 bits per heavy atom. The fourth-order valence-electron chi connectivity index (χ4n) is 1.86. The van der Waals surface area contributed by atoms with Crippen LogP contribution in [0.2, 0.25) is 0 Å². The molecule has 1 aliphatic rings. The summed E-state index contributed by atoms with van der Waals surface area (Å²) in [5, 5.41) is 3.22. The number of hydrogen-bond donors (Lipinski definition) is 1. The third kappa shape index (κ3) is 2.07. The first-order valence-corrected chi connectivity index (χ1v) is 5.73. The minimum absolute atomic E-state index is 0.288. The topological polar surface area (TPSA) is 56.3 Å². The van der Waals surface area contributed by atoms with Gasteiger partial charge in [0.05, 0.1) is 11.9 Å². The third-order valence-corrected chi connectivity index (χ3v) is 2.69. The molecule has 0 unspecified atom stereocenters. The lowest BCUT2D eigenvalue weighted by molar-refractivity contribution is 0.173. The van der Waals surface area contributed by atoms with Crippen LogP contribution >= 0.6 is 0 Å². The zero-order valence-electron chi connectivity index (χ0n) is 10.0. The van der Waals surface area contributed by atoms with Crippen LogP contribution in [0.4, 0.5) is 5.82 Å². The minimum atomic E-state index is 0.288. The Labute approximate surface area is 105 Å². The first-order chi connectivity index (χ1) is 8.83. The van der Waals surface area contributed by atoms with Crippen LogP contribution in [-0.4, -0.2) is 16.8 Å². The summed E-state index contributed by atoms with van der Waals surface area (Å²) in [6.45, 7) is 2.83. The molecule has 1 N–H and O–H groups in total. The van der Waals surface area contributed by atoms with Crippen LogP contribution in [0.3, 0.4) is 0 Å². The second kappa shape index (κ2) is 4.52. The largest absolute Gasteiger partial charge is 0.454 e. The van der Waals surface area contributed by atoms with Crippen molar-refractivity contribution in [2.75, 3.05) is 12.1 Å². The molecule has 0 radical (unpaired) electrons. The molecule has 1 aromatic carbocycles. The number of para-hydroxylation sites is 1. The molecule has 5 heteroatoms. The van der Waals surface area contributed by atoms with Crippen molar-refractivity contribution in [2.24, 2.45) is 0 Å². The van der Waals surface area contributed by atoms with E-state index in [0.717, 1.165) is 28.6 Å². The minimum Gasteiger partial charge on any atom is -0.454 e. The zero-order chi connectivity index (χ0) is 12.4. The molecule has 0 saturated carbocycles. The predicted octanol–water partition coefficient (Wildman–Crippen LogP) is 2.13. The van der Waals surface area contributed by atoms with Crippen molar-refractivity contribution in [1.82, 2.24) is 9.97 Å². The van der Waals surface area contributed by atoms with E-state index in [9.17, 15) is 0 Å². The van der Waals surface area contributed by atoms with Gasteiger partial charge in [-0.1, -0.05) is 12.1 Å². The predicted molar refractivity (Wildman–Crippen MR) is 66.7 cm³/mol. The van der Waals surface area contributed by atoms with Crippen LogP contribution < -0.4 is 14.8 Å². The summed E-state index contributed by atoms with van der Waals surface area (Å²) in [7, 11) is 0. The number of fused-ring (bicyclic) bond motifs is 1. The standard InChI is InChI=1S/C13H13N3O2/c1-9-5-14-7-12(16-9)15-6-10-3-2-4-11-13(10)18-8-17-11/h2-5,7H,6,8H2,1H3,(H,15,16). The van der Waals surface area contributed by atoms with E-state index in [1.807, 2.05) is 25.1 Å². The molecule has 0 fully saturated rings. The number of rotatable bonds is 3. The lowest BCUT2D eigenvalue weighted by Gasteiger charge is -2.08. The van der Waals surface area contributed by atoms with Gasteiger partial charge in [-0.05, 0) is 13.0 Å². The maximum absolute atomic E-state index is 5.44. The van der Waals surface area contributed by atoms with Crippen LogP contribution in [0.25, 0.3) is 0 Å². The Morgan fingerprint density at radius 1 is 1.28 bits per heavy atom. The molecule has 0 saturated heterocycles. The first kappa shape index (κ1) is 10.8. The first-order valence-electron chi connectivity index (χ1n) is 5.73. The van der Waals surface area contributed by atoms with Gasteiger partial charge < -0.3 is 14.8 Å². The smallest absolute Gasteiger partial charge is 0.231 e. The van der Waals surface area contributed by atoms with E-state index in [2.05, 4.69) is 15.3 Å². The van der Waals surface area contributed by atoms with Crippen molar-refractivity contribution < 1.29 is 9.47 Å². The molecule has 1 aromatic heterocycles. The molecule has 0 atom stereocenters. The molecule has 0 bridgehead atoms. The number of ether oxygens (including phenoxy) is 2. The Morgan fingerprint density at radius 3 is 3.11 bits per heavy atom. The zero-order valence-corrected chi connectivity index (χ0v) is 10.0. The lowest BCUT2D eigenvalue weighted by atomic mass is 10.2. The van der Waals surface area contributed by atoms with Gasteiger partial charge in [0.15, 0.2) is 11.5 Å². The van der Waals surface area contributed by atoms with E-state index in [4.69, 9.17) is 9.47 Å². The molecule has 2 heterocycles. The summed E-state index contributed by atoms with van der Waals surface area (Å²) in [6.07, 6.45) is 3.43. The van der Waals surface area contributed by atoms with Crippen molar-refractivity contribution in [3.63, 3.8) is 0 Å². The molecule has 2 aromatic rings. The summed E-state index contributed by atoms with van der Waals surface area (Å²) < 4.78 is 10.8. The molecule has 0 spiro atoms. The van der Waals surface area contributed by atoms with Crippen LogP contribution in [0.15, 0.2) is 30.6 Å². The van der Waals surface area contributed by atoms with Gasteiger partial charge in [0.25, 0.3) is 0 Å². The van der Waals surface area contributed by atoms with E-state index in [1.165, 1.54) is 0 Å². The molecular weight excluding hydrogens is 230 g/mol. The highest BCUT2D eigenvalue weighted by molar-refractivity contribution is 5.49. The summed E-state index contributed by atoms with van der Waals surface area (Å²) >= 11 is 0. The van der Waals surface area contributed by atoms with Crippen molar-refractivity contribution >= 4 is 5.82 Å². The van der Waals surface area contributed by atoms with Crippen molar-refractivity contribution in [3.8, 4) is 11.5 Å². The summed E-state index contributed by atoms with van der Waals surface area (Å²) in [5.74, 6) is 2.36. The van der Waals surface area contributed by atoms with Gasteiger partial charge in [-0.3, -0.25) is 4.98 Å². The van der Waals surface area contributed by atoms with Gasteiger partial charge in [-0.2, -0.15) is 0 Å². The van der Waals surface area contributed by atoms with Crippen molar-refractivity contribution in [3.05, 3.63) is 41.9 Å². The van der Waals surface area contributed by atoms with Crippen LogP contribution in [0.5, 0.6) is 11.5 Å². The van der Waals surface area contributed by atoms with Crippen LogP contribution in [-0.2, 0) is 6.54 Å². The normalized spacial score (nSPS) is 12.5. The fourth-order valence-corrected chi connectivity index (χ4v) is 1.86. The number of hydrogen-bond acceptors (Lipinski definition) is 5. The number of anilines is 1. The maximum atomic E-state index is 5.44. The highest BCUT2D eigenvalue weighted by Gasteiger charge is 2.16. The fraction of sp³-hybridized carbons (Fsp3) is 0.231. The van der Waals surface area contributed by atoms with Gasteiger partial charge in [-0.25, -0.2) is 4.98 Å². The van der Waals surface area contributed by atoms with Gasteiger partial charge in [0.2, 0.25) is 6.79 Å². The Kier molecular flexibility index (Phi) is 2.72. The van der Waals surface area contributed by atoms with Crippen molar-refractivity contribution in [1.29, 1.82) is 0 Å².